The van der Waals surface area contributed by atoms with Crippen molar-refractivity contribution in [1.29, 1.82) is 0 Å². The summed E-state index contributed by atoms with van der Waals surface area (Å²) in [4.78, 5) is 100.0. The van der Waals surface area contributed by atoms with Crippen LogP contribution in [0.1, 0.15) is 108 Å². The smallest absolute Gasteiger partial charge is 0.415 e. The molecule has 0 aliphatic carbocycles. The maximum atomic E-state index is 15.8. The normalized spacial score (nSPS) is 18.0. The van der Waals surface area contributed by atoms with Gasteiger partial charge in [0, 0.05) is 82.7 Å². The van der Waals surface area contributed by atoms with Crippen LogP contribution in [0, 0.1) is 37.3 Å². The van der Waals surface area contributed by atoms with Crippen LogP contribution in [0.5, 0.6) is 11.8 Å². The Kier molecular flexibility index (Phi) is 19.9. The number of hydrogen-bond acceptors (Lipinski definition) is 18. The van der Waals surface area contributed by atoms with Gasteiger partial charge in [0.25, 0.3) is 0 Å². The molecular formula is C66H78Cl2F2N10O14. The number of fused-ring (bicyclic) bond motifs is 4. The Hall–Kier alpha value is -8.78. The van der Waals surface area contributed by atoms with Crippen LogP contribution in [0.25, 0.3) is 43.8 Å². The van der Waals surface area contributed by atoms with E-state index in [0.29, 0.717) is 68.3 Å². The number of hydrogen-bond donors (Lipinski definition) is 2. The lowest BCUT2D eigenvalue weighted by Gasteiger charge is -2.32. The van der Waals surface area contributed by atoms with Gasteiger partial charge in [0.15, 0.2) is 0 Å². The number of benzene rings is 2. The van der Waals surface area contributed by atoms with Gasteiger partial charge in [0.05, 0.1) is 36.2 Å². The Bertz CT molecular complexity index is 3730. The predicted molar refractivity (Wildman–Crippen MR) is 349 cm³/mol. The minimum absolute atomic E-state index is 0.118. The van der Waals surface area contributed by atoms with Crippen LogP contribution in [0.3, 0.4) is 0 Å². The summed E-state index contributed by atoms with van der Waals surface area (Å²) >= 11 is 13.0. The summed E-state index contributed by atoms with van der Waals surface area (Å²) < 4.78 is 76.4. The first-order valence-corrected chi connectivity index (χ1v) is 31.3. The van der Waals surface area contributed by atoms with Crippen LogP contribution >= 0.6 is 23.2 Å². The molecule has 24 nitrogen and oxygen atoms in total. The topological polar surface area (TPSA) is 265 Å². The maximum Gasteiger partial charge on any atom is 0.415 e. The molecule has 0 bridgehead atoms. The van der Waals surface area contributed by atoms with E-state index in [-0.39, 0.29) is 95.8 Å². The number of amides is 6. The molecule has 0 spiro atoms. The SMILES string of the molecule is Cc1c(-c2cc3cc(NC(=O)O[C@@H]4CN(C(=O)OC(C)(C)C)C[C@@H]4C)ncc3c(Cl)c2F)cnc2c1N(C(=O)OC(C)(C)C)CCO2.Cc1c(-c2cc3cc(NC(=O)O[C@H]4CN(C(=O)OC(C)(C)C)C[C@H]4C)ncc3c(Cl)c2F)cnc2c1N(C(=O)OC(C)(C)C)CCO2. The highest BCUT2D eigenvalue weighted by Gasteiger charge is 2.40. The van der Waals surface area contributed by atoms with E-state index in [1.54, 1.807) is 121 Å². The van der Waals surface area contributed by atoms with E-state index in [2.05, 4.69) is 30.6 Å². The van der Waals surface area contributed by atoms with Crippen molar-refractivity contribution in [2.75, 3.05) is 72.9 Å². The van der Waals surface area contributed by atoms with Gasteiger partial charge in [-0.3, -0.25) is 20.4 Å². The Morgan fingerprint density at radius 2 is 0.840 bits per heavy atom. The summed E-state index contributed by atoms with van der Waals surface area (Å²) in [5.74, 6) is -0.871. The fourth-order valence-electron chi connectivity index (χ4n) is 10.9. The summed E-state index contributed by atoms with van der Waals surface area (Å²) in [6.07, 6.45) is 0.945. The van der Waals surface area contributed by atoms with Crippen molar-refractivity contribution in [3.63, 3.8) is 0 Å². The standard InChI is InChI=1S/2C33H39ClFN5O7/c2*1-17-15-39(30(42)46-32(3,4)5)16-23(17)45-29(41)38-24-12-19-11-20(26(35)25(34)22(19)14-36-24)21-13-37-28-27(18(21)2)40(9-10-44-28)31(43)47-33(6,7)8/h2*11-14,17,23H,9-10,15-16H2,1-8H3,(H,36,38,41)/t2*17-,23+/m10/s1. The first kappa shape index (κ1) is 69.6. The Morgan fingerprint density at radius 3 is 1.18 bits per heavy atom. The summed E-state index contributed by atoms with van der Waals surface area (Å²) in [6.45, 7) is 30.6. The van der Waals surface area contributed by atoms with E-state index >= 15 is 8.78 Å². The average molecular weight is 1340 g/mol. The van der Waals surface area contributed by atoms with E-state index in [1.165, 1.54) is 44.4 Å². The molecule has 6 amide bonds. The van der Waals surface area contributed by atoms with Crippen molar-refractivity contribution in [2.24, 2.45) is 11.8 Å². The lowest BCUT2D eigenvalue weighted by atomic mass is 9.97. The lowest BCUT2D eigenvalue weighted by Crippen LogP contribution is -2.42. The lowest BCUT2D eigenvalue weighted by molar-refractivity contribution is 0.0255. The third-order valence-corrected chi connectivity index (χ3v) is 15.9. The van der Waals surface area contributed by atoms with Crippen molar-refractivity contribution in [3.05, 3.63) is 81.9 Å². The summed E-state index contributed by atoms with van der Waals surface area (Å²) in [6, 6.07) is 6.25. The second kappa shape index (κ2) is 26.9. The van der Waals surface area contributed by atoms with E-state index in [0.717, 1.165) is 0 Å². The van der Waals surface area contributed by atoms with Gasteiger partial charge in [-0.1, -0.05) is 37.0 Å². The molecule has 10 rings (SSSR count). The highest BCUT2D eigenvalue weighted by atomic mass is 35.5. The zero-order chi connectivity index (χ0) is 68.8. The molecule has 0 unspecified atom stereocenters. The van der Waals surface area contributed by atoms with Crippen molar-refractivity contribution in [3.8, 4) is 34.0 Å². The molecule has 504 valence electrons. The van der Waals surface area contributed by atoms with Gasteiger partial charge in [-0.25, -0.2) is 57.5 Å². The molecule has 4 aromatic heterocycles. The third-order valence-electron chi connectivity index (χ3n) is 15.2. The van der Waals surface area contributed by atoms with Crippen LogP contribution in [0.4, 0.5) is 60.6 Å². The minimum Gasteiger partial charge on any atom is -0.474 e. The largest absolute Gasteiger partial charge is 0.474 e. The number of halogens is 4. The highest BCUT2D eigenvalue weighted by molar-refractivity contribution is 6.36. The predicted octanol–water partition coefficient (Wildman–Crippen LogP) is 14.7. The number of likely N-dealkylation sites (tertiary alicyclic amines) is 2. The monoisotopic (exact) mass is 1340 g/mol. The van der Waals surface area contributed by atoms with E-state index in [9.17, 15) is 28.8 Å². The molecule has 0 radical (unpaired) electrons. The first-order chi connectivity index (χ1) is 43.8. The number of nitrogens with one attached hydrogen (secondary N) is 2. The second-order valence-electron chi connectivity index (χ2n) is 27.4. The average Bonchev–Trinajstić information content (AvgIpc) is 0.927. The van der Waals surface area contributed by atoms with E-state index in [4.69, 9.17) is 61.1 Å². The van der Waals surface area contributed by atoms with Crippen LogP contribution in [-0.4, -0.2) is 153 Å². The van der Waals surface area contributed by atoms with Gasteiger partial charge < -0.3 is 47.7 Å². The first-order valence-electron chi connectivity index (χ1n) is 30.6. The Balaban J connectivity index is 0.000000221. The van der Waals surface area contributed by atoms with Gasteiger partial charge in [0.2, 0.25) is 11.8 Å². The van der Waals surface area contributed by atoms with Crippen molar-refractivity contribution < 1.29 is 75.4 Å². The van der Waals surface area contributed by atoms with Crippen molar-refractivity contribution in [2.45, 2.75) is 145 Å². The zero-order valence-electron chi connectivity index (χ0n) is 55.4. The molecule has 2 fully saturated rings. The number of ether oxygens (including phenoxy) is 8. The van der Waals surface area contributed by atoms with Gasteiger partial charge in [-0.15, -0.1) is 0 Å². The van der Waals surface area contributed by atoms with E-state index < -0.39 is 82.8 Å². The summed E-state index contributed by atoms with van der Waals surface area (Å²) in [5, 5.41) is 6.52. The molecule has 4 aliphatic heterocycles. The van der Waals surface area contributed by atoms with E-state index in [1.807, 2.05) is 13.8 Å². The molecule has 0 saturated carbocycles. The number of aromatic nitrogens is 4. The van der Waals surface area contributed by atoms with Crippen LogP contribution in [-0.2, 0) is 28.4 Å². The molecule has 8 heterocycles. The van der Waals surface area contributed by atoms with Gasteiger partial charge >= 0.3 is 36.6 Å². The number of nitrogens with zero attached hydrogens (tertiary/aromatic N) is 8. The molecule has 2 aromatic carbocycles. The van der Waals surface area contributed by atoms with Crippen LogP contribution in [0.2, 0.25) is 10.0 Å². The summed E-state index contributed by atoms with van der Waals surface area (Å²) in [7, 11) is 0. The molecular weight excluding hydrogens is 1270 g/mol. The molecule has 28 heteroatoms. The number of anilines is 4. The van der Waals surface area contributed by atoms with Crippen LogP contribution in [0.15, 0.2) is 49.1 Å². The maximum absolute atomic E-state index is 15.8. The second-order valence-corrected chi connectivity index (χ2v) is 28.2. The molecule has 2 N–H and O–H groups in total. The van der Waals surface area contributed by atoms with Gasteiger partial charge in [-0.2, -0.15) is 0 Å². The number of rotatable bonds is 6. The quantitative estimate of drug-likeness (QED) is 0.147. The fraction of sp³-hybridized carbons (Fsp3) is 0.485. The number of pyridine rings is 4. The van der Waals surface area contributed by atoms with Gasteiger partial charge in [-0.05, 0) is 143 Å². The molecule has 6 aromatic rings. The zero-order valence-corrected chi connectivity index (χ0v) is 56.9. The number of carbonyl (C=O) groups is 6. The Morgan fingerprint density at radius 1 is 0.500 bits per heavy atom. The molecule has 94 heavy (non-hydrogen) atoms. The van der Waals surface area contributed by atoms with Crippen molar-refractivity contribution in [1.82, 2.24) is 29.7 Å². The number of carbonyl (C=O) groups excluding carboxylic acids is 6. The van der Waals surface area contributed by atoms with Crippen molar-refractivity contribution >= 4 is 104 Å². The molecule has 2 saturated heterocycles. The van der Waals surface area contributed by atoms with Gasteiger partial charge in [0.1, 0.15) is 82.5 Å². The van der Waals surface area contributed by atoms with Crippen LogP contribution < -0.4 is 29.9 Å². The Labute approximate surface area is 553 Å². The molecule has 4 aliphatic rings. The fourth-order valence-corrected chi connectivity index (χ4v) is 11.4. The third kappa shape index (κ3) is 16.1. The highest BCUT2D eigenvalue weighted by Crippen LogP contribution is 2.45. The molecule has 4 atom stereocenters. The minimum atomic E-state index is -0.759. The summed E-state index contributed by atoms with van der Waals surface area (Å²) in [5.41, 5.74) is 0.131.